The third-order valence-corrected chi connectivity index (χ3v) is 3.87. The summed E-state index contributed by atoms with van der Waals surface area (Å²) in [4.78, 5) is 4.33. The Morgan fingerprint density at radius 3 is 2.71 bits per heavy atom. The van der Waals surface area contributed by atoms with E-state index < -0.39 is 11.6 Å². The Labute approximate surface area is 139 Å². The van der Waals surface area contributed by atoms with Crippen LogP contribution in [0.5, 0.6) is 5.75 Å². The average molecular weight is 331 g/mol. The second kappa shape index (κ2) is 6.86. The second-order valence-corrected chi connectivity index (χ2v) is 5.68. The molecule has 0 amide bonds. The molecule has 1 saturated carbocycles. The van der Waals surface area contributed by atoms with Gasteiger partial charge >= 0.3 is 0 Å². The van der Waals surface area contributed by atoms with Gasteiger partial charge in [-0.25, -0.2) is 13.8 Å². The number of anilines is 1. The molecule has 2 aromatic carbocycles. The number of rotatable bonds is 5. The zero-order valence-electron chi connectivity index (χ0n) is 13.3. The minimum atomic E-state index is -0.576. The highest BCUT2D eigenvalue weighted by Crippen LogP contribution is 2.43. The number of nitrogens with zero attached hydrogens (tertiary/aromatic N) is 1. The second-order valence-electron chi connectivity index (χ2n) is 5.68. The van der Waals surface area contributed by atoms with Gasteiger partial charge in [0.1, 0.15) is 17.4 Å². The molecule has 3 N–H and O–H groups in total. The molecule has 0 radical (unpaired) electrons. The Hall–Kier alpha value is -2.63. The highest BCUT2D eigenvalue weighted by atomic mass is 19.1. The molecule has 0 unspecified atom stereocenters. The molecule has 0 bridgehead atoms. The van der Waals surface area contributed by atoms with Crippen molar-refractivity contribution in [2.75, 3.05) is 11.9 Å². The van der Waals surface area contributed by atoms with Crippen molar-refractivity contribution in [3.8, 4) is 5.75 Å². The van der Waals surface area contributed by atoms with Gasteiger partial charge in [0.25, 0.3) is 0 Å². The molecule has 0 aliphatic heterocycles. The van der Waals surface area contributed by atoms with Crippen LogP contribution < -0.4 is 15.8 Å². The Kier molecular flexibility index (Phi) is 4.64. The first-order valence-corrected chi connectivity index (χ1v) is 7.85. The topological polar surface area (TPSA) is 59.6 Å². The first-order chi connectivity index (χ1) is 11.6. The molecule has 1 aliphatic rings. The van der Waals surface area contributed by atoms with Crippen LogP contribution in [-0.2, 0) is 0 Å². The molecule has 6 heteroatoms. The van der Waals surface area contributed by atoms with Crippen LogP contribution in [0, 0.1) is 11.6 Å². The lowest BCUT2D eigenvalue weighted by atomic mass is 10.1. The van der Waals surface area contributed by atoms with Crippen molar-refractivity contribution in [3.05, 3.63) is 59.7 Å². The number of hydrogen-bond acceptors (Lipinski definition) is 2. The van der Waals surface area contributed by atoms with Gasteiger partial charge in [-0.3, -0.25) is 0 Å². The number of halogens is 2. The van der Waals surface area contributed by atoms with Gasteiger partial charge in [0.15, 0.2) is 5.96 Å². The lowest BCUT2D eigenvalue weighted by molar-refractivity contribution is 0.340. The van der Waals surface area contributed by atoms with E-state index in [2.05, 4.69) is 10.3 Å². The van der Waals surface area contributed by atoms with Crippen molar-refractivity contribution in [2.45, 2.75) is 25.3 Å². The molecule has 0 heterocycles. The van der Waals surface area contributed by atoms with E-state index in [1.54, 1.807) is 0 Å². The Bertz CT molecular complexity index is 746. The fraction of sp³-hybridized carbons (Fsp3) is 0.278. The number of benzene rings is 2. The summed E-state index contributed by atoms with van der Waals surface area (Å²) >= 11 is 0. The van der Waals surface area contributed by atoms with Gasteiger partial charge in [0.2, 0.25) is 0 Å². The van der Waals surface area contributed by atoms with Crippen molar-refractivity contribution < 1.29 is 13.5 Å². The van der Waals surface area contributed by atoms with Crippen molar-refractivity contribution in [3.63, 3.8) is 0 Å². The largest absolute Gasteiger partial charge is 0.494 e. The highest BCUT2D eigenvalue weighted by molar-refractivity contribution is 5.92. The smallest absolute Gasteiger partial charge is 0.193 e. The highest BCUT2D eigenvalue weighted by Gasteiger charge is 2.38. The van der Waals surface area contributed by atoms with E-state index in [0.717, 1.165) is 35.9 Å². The van der Waals surface area contributed by atoms with Gasteiger partial charge in [-0.2, -0.15) is 0 Å². The molecule has 126 valence electrons. The average Bonchev–Trinajstić information content (AvgIpc) is 3.31. The van der Waals surface area contributed by atoms with Crippen LogP contribution >= 0.6 is 0 Å². The zero-order chi connectivity index (χ0) is 17.1. The molecule has 2 atom stereocenters. The van der Waals surface area contributed by atoms with Gasteiger partial charge in [0, 0.05) is 12.0 Å². The summed E-state index contributed by atoms with van der Waals surface area (Å²) in [5.41, 5.74) is 6.94. The van der Waals surface area contributed by atoms with Gasteiger partial charge in [-0.05, 0) is 43.2 Å². The number of hydrogen-bond donors (Lipinski definition) is 2. The van der Waals surface area contributed by atoms with Gasteiger partial charge in [0.05, 0.1) is 18.3 Å². The Morgan fingerprint density at radius 2 is 2.00 bits per heavy atom. The number of aliphatic imine (C=N–C) groups is 1. The van der Waals surface area contributed by atoms with E-state index in [0.29, 0.717) is 12.5 Å². The third kappa shape index (κ3) is 3.82. The molecule has 2 aromatic rings. The molecule has 4 nitrogen and oxygen atoms in total. The van der Waals surface area contributed by atoms with Crippen LogP contribution in [0.15, 0.2) is 47.5 Å². The summed E-state index contributed by atoms with van der Waals surface area (Å²) in [6.07, 6.45) is 0.877. The lowest BCUT2D eigenvalue weighted by Gasteiger charge is -2.07. The van der Waals surface area contributed by atoms with E-state index in [9.17, 15) is 8.78 Å². The number of nitrogens with one attached hydrogen (secondary N) is 1. The first kappa shape index (κ1) is 16.2. The van der Waals surface area contributed by atoms with E-state index in [1.165, 1.54) is 0 Å². The molecule has 0 saturated heterocycles. The van der Waals surface area contributed by atoms with Crippen LogP contribution in [-0.4, -0.2) is 18.6 Å². The molecule has 1 fully saturated rings. The standard InChI is InChI=1S/C18H19F2N3O/c1-2-24-13-6-3-11(4-7-13)14-10-16(14)22-18(21)23-17-9-12(19)5-8-15(17)20/h3-9,14,16H,2,10H2,1H3,(H3,21,22,23)/t14-,16+/m0/s1. The van der Waals surface area contributed by atoms with E-state index >= 15 is 0 Å². The first-order valence-electron chi connectivity index (χ1n) is 7.85. The van der Waals surface area contributed by atoms with E-state index in [4.69, 9.17) is 10.5 Å². The maximum atomic E-state index is 13.6. The molecular formula is C18H19F2N3O. The van der Waals surface area contributed by atoms with Crippen molar-refractivity contribution in [1.29, 1.82) is 0 Å². The van der Waals surface area contributed by atoms with Crippen LogP contribution in [0.3, 0.4) is 0 Å². The minimum absolute atomic E-state index is 0.0190. The summed E-state index contributed by atoms with van der Waals surface area (Å²) in [6.45, 7) is 2.57. The fourth-order valence-electron chi connectivity index (χ4n) is 2.60. The van der Waals surface area contributed by atoms with E-state index in [1.807, 2.05) is 31.2 Å². The summed E-state index contributed by atoms with van der Waals surface area (Å²) < 4.78 is 32.1. The minimum Gasteiger partial charge on any atom is -0.494 e. The van der Waals surface area contributed by atoms with Gasteiger partial charge in [-0.15, -0.1) is 0 Å². The maximum Gasteiger partial charge on any atom is 0.193 e. The number of nitrogens with two attached hydrogens (primary N) is 1. The van der Waals surface area contributed by atoms with Crippen LogP contribution in [0.4, 0.5) is 14.5 Å². The summed E-state index contributed by atoms with van der Waals surface area (Å²) in [6, 6.07) is 11.1. The maximum absolute atomic E-state index is 13.6. The predicted octanol–water partition coefficient (Wildman–Crippen LogP) is 3.65. The molecule has 0 aromatic heterocycles. The monoisotopic (exact) mass is 331 g/mol. The third-order valence-electron chi connectivity index (χ3n) is 3.87. The lowest BCUT2D eigenvalue weighted by Crippen LogP contribution is -2.24. The van der Waals surface area contributed by atoms with Crippen LogP contribution in [0.2, 0.25) is 0 Å². The quantitative estimate of drug-likeness (QED) is 0.649. The fourth-order valence-corrected chi connectivity index (χ4v) is 2.60. The molecular weight excluding hydrogens is 312 g/mol. The number of guanidine groups is 1. The molecule has 0 spiro atoms. The van der Waals surface area contributed by atoms with E-state index in [-0.39, 0.29) is 17.7 Å². The van der Waals surface area contributed by atoms with Crippen LogP contribution in [0.25, 0.3) is 0 Å². The summed E-state index contributed by atoms with van der Waals surface area (Å²) in [7, 11) is 0. The Morgan fingerprint density at radius 1 is 1.25 bits per heavy atom. The number of ether oxygens (including phenoxy) is 1. The predicted molar refractivity (Wildman–Crippen MR) is 90.4 cm³/mol. The zero-order valence-corrected chi connectivity index (χ0v) is 13.3. The van der Waals surface area contributed by atoms with Crippen LogP contribution in [0.1, 0.15) is 24.8 Å². The van der Waals surface area contributed by atoms with Gasteiger partial charge < -0.3 is 15.8 Å². The SMILES string of the molecule is CCOc1ccc([C@@H]2C[C@H]2N=C(N)Nc2cc(F)ccc2F)cc1. The summed E-state index contributed by atoms with van der Waals surface area (Å²) in [5.74, 6) is 0.0971. The normalized spacial score (nSPS) is 19.9. The van der Waals surface area contributed by atoms with Crippen molar-refractivity contribution >= 4 is 11.6 Å². The molecule has 24 heavy (non-hydrogen) atoms. The van der Waals surface area contributed by atoms with Crippen molar-refractivity contribution in [2.24, 2.45) is 10.7 Å². The molecule has 1 aliphatic carbocycles. The van der Waals surface area contributed by atoms with Gasteiger partial charge in [-0.1, -0.05) is 12.1 Å². The Balaban J connectivity index is 1.62. The summed E-state index contributed by atoms with van der Waals surface area (Å²) in [5, 5.41) is 2.61. The van der Waals surface area contributed by atoms with Crippen molar-refractivity contribution in [1.82, 2.24) is 0 Å². The molecule has 3 rings (SSSR count).